The normalized spacial score (nSPS) is 21.2. The van der Waals surface area contributed by atoms with Crippen LogP contribution in [0.4, 0.5) is 0 Å². The minimum Gasteiger partial charge on any atom is -0.391 e. The number of aromatic nitrogens is 1. The summed E-state index contributed by atoms with van der Waals surface area (Å²) in [6, 6.07) is 4.56. The highest BCUT2D eigenvalue weighted by molar-refractivity contribution is 5.13. The number of hydrogen-bond acceptors (Lipinski definition) is 4. The molecule has 21 heavy (non-hydrogen) atoms. The van der Waals surface area contributed by atoms with Gasteiger partial charge in [0.1, 0.15) is 0 Å². The summed E-state index contributed by atoms with van der Waals surface area (Å²) in [6.07, 6.45) is 3.52. The molecule has 0 spiro atoms. The van der Waals surface area contributed by atoms with E-state index in [-0.39, 0.29) is 11.5 Å². The summed E-state index contributed by atoms with van der Waals surface area (Å²) in [5.74, 6) is 0. The first-order chi connectivity index (χ1) is 9.88. The van der Waals surface area contributed by atoms with Gasteiger partial charge in [-0.1, -0.05) is 26.8 Å². The third-order valence-electron chi connectivity index (χ3n) is 4.55. The fourth-order valence-corrected chi connectivity index (χ4v) is 2.69. The Balaban J connectivity index is 1.83. The van der Waals surface area contributed by atoms with Gasteiger partial charge in [-0.3, -0.25) is 14.8 Å². The Hall–Kier alpha value is -0.970. The first kappa shape index (κ1) is 16.4. The molecule has 0 bridgehead atoms. The van der Waals surface area contributed by atoms with Crippen LogP contribution in [0.1, 0.15) is 39.3 Å². The molecule has 2 rings (SSSR count). The van der Waals surface area contributed by atoms with Crippen molar-refractivity contribution in [3.63, 3.8) is 0 Å². The lowest BCUT2D eigenvalue weighted by atomic mass is 9.89. The van der Waals surface area contributed by atoms with Crippen molar-refractivity contribution in [2.45, 2.75) is 39.8 Å². The molecule has 0 aromatic carbocycles. The fraction of sp³-hybridized carbons (Fsp3) is 0.706. The minimum atomic E-state index is -0.264. The summed E-state index contributed by atoms with van der Waals surface area (Å²) in [7, 11) is 0. The first-order valence-electron chi connectivity index (χ1n) is 7.92. The van der Waals surface area contributed by atoms with Gasteiger partial charge < -0.3 is 5.11 Å². The molecule has 1 aromatic rings. The van der Waals surface area contributed by atoms with E-state index in [0.717, 1.165) is 32.7 Å². The fourth-order valence-electron chi connectivity index (χ4n) is 2.69. The third-order valence-corrected chi connectivity index (χ3v) is 4.55. The Bertz CT molecular complexity index is 421. The maximum atomic E-state index is 10.2. The third kappa shape index (κ3) is 4.50. The maximum absolute atomic E-state index is 10.2. The van der Waals surface area contributed by atoms with Crippen molar-refractivity contribution in [3.05, 3.63) is 30.1 Å². The monoisotopic (exact) mass is 291 g/mol. The number of aliphatic hydroxyl groups excluding tert-OH is 1. The highest BCUT2D eigenvalue weighted by atomic mass is 16.3. The molecule has 1 fully saturated rings. The van der Waals surface area contributed by atoms with Crippen LogP contribution in [0.15, 0.2) is 24.5 Å². The average Bonchev–Trinajstić information content (AvgIpc) is 2.47. The van der Waals surface area contributed by atoms with Crippen molar-refractivity contribution < 1.29 is 5.11 Å². The number of β-amino-alcohol motifs (C(OH)–C–C–N with tert-alkyl or cyclic N) is 1. The van der Waals surface area contributed by atoms with Crippen molar-refractivity contribution in [1.82, 2.24) is 14.8 Å². The van der Waals surface area contributed by atoms with Crippen LogP contribution in [0.5, 0.6) is 0 Å². The molecule has 1 aliphatic heterocycles. The van der Waals surface area contributed by atoms with Crippen molar-refractivity contribution in [3.8, 4) is 0 Å². The maximum Gasteiger partial charge on any atom is 0.0715 e. The molecule has 0 unspecified atom stereocenters. The van der Waals surface area contributed by atoms with Crippen LogP contribution in [0.25, 0.3) is 0 Å². The molecule has 0 radical (unpaired) electrons. The van der Waals surface area contributed by atoms with Gasteiger partial charge in [-0.15, -0.1) is 0 Å². The van der Waals surface area contributed by atoms with Crippen LogP contribution in [-0.4, -0.2) is 58.7 Å². The summed E-state index contributed by atoms with van der Waals surface area (Å²) in [6.45, 7) is 13.5. The highest BCUT2D eigenvalue weighted by Gasteiger charge is 2.27. The number of pyridine rings is 1. The van der Waals surface area contributed by atoms with Crippen LogP contribution in [0, 0.1) is 5.41 Å². The van der Waals surface area contributed by atoms with E-state index in [1.165, 1.54) is 5.56 Å². The van der Waals surface area contributed by atoms with Gasteiger partial charge in [-0.25, -0.2) is 0 Å². The predicted molar refractivity (Wildman–Crippen MR) is 86.1 cm³/mol. The van der Waals surface area contributed by atoms with Gasteiger partial charge in [-0.2, -0.15) is 0 Å². The van der Waals surface area contributed by atoms with Crippen LogP contribution >= 0.6 is 0 Å². The van der Waals surface area contributed by atoms with E-state index >= 15 is 0 Å². The Labute approximate surface area is 128 Å². The molecular weight excluding hydrogens is 262 g/mol. The molecule has 0 saturated carbocycles. The summed E-state index contributed by atoms with van der Waals surface area (Å²) in [4.78, 5) is 9.09. The van der Waals surface area contributed by atoms with Crippen molar-refractivity contribution in [2.75, 3.05) is 32.7 Å². The SMILES string of the molecule is C[C@@H](c1cccnc1)N1CCN(C[C@H](O)C(C)(C)C)CC1. The lowest BCUT2D eigenvalue weighted by molar-refractivity contribution is 0.00867. The second-order valence-electron chi connectivity index (χ2n) is 7.18. The lowest BCUT2D eigenvalue weighted by Crippen LogP contribution is -2.50. The van der Waals surface area contributed by atoms with E-state index in [1.54, 1.807) is 0 Å². The van der Waals surface area contributed by atoms with Gasteiger partial charge in [0.15, 0.2) is 0 Å². The second kappa shape index (κ2) is 6.86. The Morgan fingerprint density at radius 1 is 1.24 bits per heavy atom. The molecule has 0 amide bonds. The molecular formula is C17H29N3O. The summed E-state index contributed by atoms with van der Waals surface area (Å²) >= 11 is 0. The van der Waals surface area contributed by atoms with E-state index < -0.39 is 0 Å². The molecule has 4 heteroatoms. The molecule has 0 aliphatic carbocycles. The number of piperazine rings is 1. The van der Waals surface area contributed by atoms with E-state index in [9.17, 15) is 5.11 Å². The molecule has 1 N–H and O–H groups in total. The summed E-state index contributed by atoms with van der Waals surface area (Å²) in [5.41, 5.74) is 1.24. The smallest absolute Gasteiger partial charge is 0.0715 e. The Morgan fingerprint density at radius 3 is 2.43 bits per heavy atom. The van der Waals surface area contributed by atoms with Crippen LogP contribution < -0.4 is 0 Å². The zero-order valence-corrected chi connectivity index (χ0v) is 13.8. The van der Waals surface area contributed by atoms with Crippen molar-refractivity contribution in [1.29, 1.82) is 0 Å². The molecule has 2 heterocycles. The zero-order valence-electron chi connectivity index (χ0n) is 13.8. The van der Waals surface area contributed by atoms with Crippen LogP contribution in [-0.2, 0) is 0 Å². The predicted octanol–water partition coefficient (Wildman–Crippen LogP) is 2.17. The highest BCUT2D eigenvalue weighted by Crippen LogP contribution is 2.23. The molecule has 1 saturated heterocycles. The van der Waals surface area contributed by atoms with Crippen molar-refractivity contribution in [2.24, 2.45) is 5.41 Å². The molecule has 1 aromatic heterocycles. The number of rotatable bonds is 4. The van der Waals surface area contributed by atoms with Crippen LogP contribution in [0.2, 0.25) is 0 Å². The van der Waals surface area contributed by atoms with Gasteiger partial charge >= 0.3 is 0 Å². The van der Waals surface area contributed by atoms with Crippen molar-refractivity contribution >= 4 is 0 Å². The first-order valence-corrected chi connectivity index (χ1v) is 7.92. The van der Waals surface area contributed by atoms with E-state index in [2.05, 4.69) is 48.5 Å². The van der Waals surface area contributed by atoms with Gasteiger partial charge in [0, 0.05) is 51.2 Å². The topological polar surface area (TPSA) is 39.6 Å². The molecule has 2 atom stereocenters. The van der Waals surface area contributed by atoms with E-state index in [1.807, 2.05) is 18.5 Å². The van der Waals surface area contributed by atoms with E-state index in [0.29, 0.717) is 6.04 Å². The average molecular weight is 291 g/mol. The molecule has 1 aliphatic rings. The van der Waals surface area contributed by atoms with Gasteiger partial charge in [-0.05, 0) is 24.0 Å². The molecule has 4 nitrogen and oxygen atoms in total. The molecule has 118 valence electrons. The van der Waals surface area contributed by atoms with Gasteiger partial charge in [0.25, 0.3) is 0 Å². The van der Waals surface area contributed by atoms with Gasteiger partial charge in [0.2, 0.25) is 0 Å². The number of aliphatic hydroxyl groups is 1. The lowest BCUT2D eigenvalue weighted by Gasteiger charge is -2.40. The second-order valence-corrected chi connectivity index (χ2v) is 7.18. The minimum absolute atomic E-state index is 0.0415. The standard InChI is InChI=1S/C17H29N3O/c1-14(15-6-5-7-18-12-15)20-10-8-19(9-11-20)13-16(21)17(2,3)4/h5-7,12,14,16,21H,8-11,13H2,1-4H3/t14-,16-/m0/s1. The quantitative estimate of drug-likeness (QED) is 0.923. The van der Waals surface area contributed by atoms with Gasteiger partial charge in [0.05, 0.1) is 6.10 Å². The number of nitrogens with zero attached hydrogens (tertiary/aromatic N) is 3. The summed E-state index contributed by atoms with van der Waals surface area (Å²) < 4.78 is 0. The summed E-state index contributed by atoms with van der Waals surface area (Å²) in [5, 5.41) is 10.2. The van der Waals surface area contributed by atoms with E-state index in [4.69, 9.17) is 0 Å². The largest absolute Gasteiger partial charge is 0.391 e. The Kier molecular flexibility index (Phi) is 5.36. The van der Waals surface area contributed by atoms with Crippen LogP contribution in [0.3, 0.4) is 0 Å². The zero-order chi connectivity index (χ0) is 15.5. The Morgan fingerprint density at radius 2 is 1.90 bits per heavy atom. The number of hydrogen-bond donors (Lipinski definition) is 1.